The number of hydrogen-bond acceptors (Lipinski definition) is 2. The van der Waals surface area contributed by atoms with Gasteiger partial charge in [0.1, 0.15) is 0 Å². The smallest absolute Gasteiger partial charge is 0.404 e. The zero-order chi connectivity index (χ0) is 10.9. The molecule has 0 radical (unpaired) electrons. The average Bonchev–Trinajstić information content (AvgIpc) is 2.24. The van der Waals surface area contributed by atoms with Gasteiger partial charge in [0, 0.05) is 13.2 Å². The van der Waals surface area contributed by atoms with E-state index in [-0.39, 0.29) is 0 Å². The maximum absolute atomic E-state index is 10.1. The molecular formula is C11H21NO3. The van der Waals surface area contributed by atoms with Crippen molar-refractivity contribution in [2.24, 2.45) is 0 Å². The Bertz CT molecular complexity index is 179. The van der Waals surface area contributed by atoms with Crippen molar-refractivity contribution >= 4 is 6.09 Å². The van der Waals surface area contributed by atoms with E-state index in [1.807, 2.05) is 0 Å². The molecule has 0 aromatic heterocycles. The van der Waals surface area contributed by atoms with E-state index in [1.54, 1.807) is 0 Å². The average molecular weight is 215 g/mol. The van der Waals surface area contributed by atoms with Gasteiger partial charge in [-0.05, 0) is 25.7 Å². The van der Waals surface area contributed by atoms with Crippen LogP contribution in [0, 0.1) is 0 Å². The van der Waals surface area contributed by atoms with Gasteiger partial charge in [-0.15, -0.1) is 0 Å². The second-order valence-corrected chi connectivity index (χ2v) is 4.07. The first-order valence-electron chi connectivity index (χ1n) is 5.87. The van der Waals surface area contributed by atoms with Gasteiger partial charge < -0.3 is 15.2 Å². The van der Waals surface area contributed by atoms with Crippen LogP contribution in [-0.4, -0.2) is 30.5 Å². The number of ether oxygens (including phenoxy) is 1. The van der Waals surface area contributed by atoms with Crippen LogP contribution < -0.4 is 5.32 Å². The Balaban J connectivity index is 1.85. The Hall–Kier alpha value is -0.770. The van der Waals surface area contributed by atoms with Gasteiger partial charge >= 0.3 is 6.09 Å². The zero-order valence-corrected chi connectivity index (χ0v) is 9.21. The maximum Gasteiger partial charge on any atom is 0.404 e. The Morgan fingerprint density at radius 2 is 2.00 bits per heavy atom. The van der Waals surface area contributed by atoms with Crippen molar-refractivity contribution in [1.82, 2.24) is 5.32 Å². The molecule has 0 spiro atoms. The zero-order valence-electron chi connectivity index (χ0n) is 9.21. The molecular weight excluding hydrogens is 194 g/mol. The SMILES string of the molecule is O=C(O)NCCCCOC1CCCCC1. The van der Waals surface area contributed by atoms with Crippen LogP contribution in [-0.2, 0) is 4.74 Å². The summed E-state index contributed by atoms with van der Waals surface area (Å²) >= 11 is 0. The predicted molar refractivity (Wildman–Crippen MR) is 58.1 cm³/mol. The molecule has 1 rings (SSSR count). The number of amides is 1. The highest BCUT2D eigenvalue weighted by Gasteiger charge is 2.12. The van der Waals surface area contributed by atoms with Gasteiger partial charge in [-0.3, -0.25) is 0 Å². The number of unbranched alkanes of at least 4 members (excludes halogenated alkanes) is 1. The third kappa shape index (κ3) is 6.33. The lowest BCUT2D eigenvalue weighted by molar-refractivity contribution is 0.0265. The van der Waals surface area contributed by atoms with E-state index in [4.69, 9.17) is 9.84 Å². The normalized spacial score (nSPS) is 17.6. The van der Waals surface area contributed by atoms with E-state index >= 15 is 0 Å². The Kier molecular flexibility index (Phi) is 6.16. The quantitative estimate of drug-likeness (QED) is 0.669. The first kappa shape index (κ1) is 12.3. The minimum atomic E-state index is -0.941. The van der Waals surface area contributed by atoms with Crippen LogP contribution in [0.25, 0.3) is 0 Å². The molecule has 1 saturated carbocycles. The summed E-state index contributed by atoms with van der Waals surface area (Å²) < 4.78 is 5.71. The molecule has 15 heavy (non-hydrogen) atoms. The summed E-state index contributed by atoms with van der Waals surface area (Å²) in [6, 6.07) is 0. The molecule has 1 amide bonds. The second kappa shape index (κ2) is 7.51. The van der Waals surface area contributed by atoms with Gasteiger partial charge in [-0.1, -0.05) is 19.3 Å². The molecule has 4 heteroatoms. The number of hydrogen-bond donors (Lipinski definition) is 2. The summed E-state index contributed by atoms with van der Waals surface area (Å²) in [5, 5.41) is 10.7. The second-order valence-electron chi connectivity index (χ2n) is 4.07. The van der Waals surface area contributed by atoms with Crippen molar-refractivity contribution < 1.29 is 14.6 Å². The Morgan fingerprint density at radius 1 is 1.27 bits per heavy atom. The molecule has 88 valence electrons. The predicted octanol–water partition coefficient (Wildman–Crippen LogP) is 2.38. The largest absolute Gasteiger partial charge is 0.465 e. The van der Waals surface area contributed by atoms with Gasteiger partial charge in [0.05, 0.1) is 6.10 Å². The molecule has 0 heterocycles. The van der Waals surface area contributed by atoms with Gasteiger partial charge in [0.25, 0.3) is 0 Å². The summed E-state index contributed by atoms with van der Waals surface area (Å²) in [5.41, 5.74) is 0. The lowest BCUT2D eigenvalue weighted by Crippen LogP contribution is -2.22. The van der Waals surface area contributed by atoms with Crippen LogP contribution in [0.3, 0.4) is 0 Å². The molecule has 4 nitrogen and oxygen atoms in total. The van der Waals surface area contributed by atoms with Crippen LogP contribution in [0.1, 0.15) is 44.9 Å². The Labute approximate surface area is 91.0 Å². The number of rotatable bonds is 6. The van der Waals surface area contributed by atoms with Crippen LogP contribution in [0.4, 0.5) is 4.79 Å². The molecule has 1 fully saturated rings. The standard InChI is InChI=1S/C11H21NO3/c13-11(14)12-8-4-5-9-15-10-6-2-1-3-7-10/h10,12H,1-9H2,(H,13,14). The summed E-state index contributed by atoms with van der Waals surface area (Å²) in [4.78, 5) is 10.1. The molecule has 0 unspecified atom stereocenters. The summed E-state index contributed by atoms with van der Waals surface area (Å²) in [5.74, 6) is 0. The summed E-state index contributed by atoms with van der Waals surface area (Å²) in [6.07, 6.45) is 7.67. The van der Waals surface area contributed by atoms with Gasteiger partial charge in [-0.25, -0.2) is 4.79 Å². The lowest BCUT2D eigenvalue weighted by atomic mass is 9.98. The first-order valence-corrected chi connectivity index (χ1v) is 5.87. The highest BCUT2D eigenvalue weighted by atomic mass is 16.5. The van der Waals surface area contributed by atoms with Crippen molar-refractivity contribution in [2.45, 2.75) is 51.0 Å². The maximum atomic E-state index is 10.1. The van der Waals surface area contributed by atoms with Crippen LogP contribution in [0.5, 0.6) is 0 Å². The van der Waals surface area contributed by atoms with Crippen molar-refractivity contribution in [1.29, 1.82) is 0 Å². The van der Waals surface area contributed by atoms with E-state index < -0.39 is 6.09 Å². The third-order valence-electron chi connectivity index (χ3n) is 2.75. The molecule has 0 aliphatic heterocycles. The molecule has 0 atom stereocenters. The topological polar surface area (TPSA) is 58.6 Å². The van der Waals surface area contributed by atoms with Crippen molar-refractivity contribution in [2.75, 3.05) is 13.2 Å². The van der Waals surface area contributed by atoms with Crippen LogP contribution >= 0.6 is 0 Å². The van der Waals surface area contributed by atoms with Crippen molar-refractivity contribution in [3.63, 3.8) is 0 Å². The fraction of sp³-hybridized carbons (Fsp3) is 0.909. The third-order valence-corrected chi connectivity index (χ3v) is 2.75. The summed E-state index contributed by atoms with van der Waals surface area (Å²) in [7, 11) is 0. The molecule has 0 aromatic carbocycles. The van der Waals surface area contributed by atoms with Gasteiger partial charge in [0.2, 0.25) is 0 Å². The highest BCUT2D eigenvalue weighted by molar-refractivity contribution is 5.64. The molecule has 0 aromatic rings. The first-order chi connectivity index (χ1) is 7.29. The fourth-order valence-corrected chi connectivity index (χ4v) is 1.90. The van der Waals surface area contributed by atoms with Crippen LogP contribution in [0.2, 0.25) is 0 Å². The van der Waals surface area contributed by atoms with E-state index in [1.165, 1.54) is 32.1 Å². The molecule has 2 N–H and O–H groups in total. The van der Waals surface area contributed by atoms with Gasteiger partial charge in [0.15, 0.2) is 0 Å². The molecule has 0 saturated heterocycles. The highest BCUT2D eigenvalue weighted by Crippen LogP contribution is 2.20. The number of nitrogens with one attached hydrogen (secondary N) is 1. The summed E-state index contributed by atoms with van der Waals surface area (Å²) in [6.45, 7) is 1.30. The molecule has 1 aliphatic rings. The minimum Gasteiger partial charge on any atom is -0.465 e. The fourth-order valence-electron chi connectivity index (χ4n) is 1.90. The van der Waals surface area contributed by atoms with Crippen LogP contribution in [0.15, 0.2) is 0 Å². The van der Waals surface area contributed by atoms with Crippen molar-refractivity contribution in [3.8, 4) is 0 Å². The van der Waals surface area contributed by atoms with E-state index in [0.717, 1.165) is 19.4 Å². The minimum absolute atomic E-state index is 0.464. The van der Waals surface area contributed by atoms with E-state index in [0.29, 0.717) is 12.6 Å². The number of carboxylic acid groups (broad SMARTS) is 1. The Morgan fingerprint density at radius 3 is 2.67 bits per heavy atom. The van der Waals surface area contributed by atoms with E-state index in [9.17, 15) is 4.79 Å². The molecule has 0 bridgehead atoms. The molecule has 1 aliphatic carbocycles. The van der Waals surface area contributed by atoms with Gasteiger partial charge in [-0.2, -0.15) is 0 Å². The van der Waals surface area contributed by atoms with Crippen molar-refractivity contribution in [3.05, 3.63) is 0 Å². The lowest BCUT2D eigenvalue weighted by Gasteiger charge is -2.21. The number of carbonyl (C=O) groups is 1. The monoisotopic (exact) mass is 215 g/mol. The van der Waals surface area contributed by atoms with E-state index in [2.05, 4.69) is 5.32 Å².